The number of carbonyl (C=O) groups is 2. The summed E-state index contributed by atoms with van der Waals surface area (Å²) in [6, 6.07) is 8.13. The quantitative estimate of drug-likeness (QED) is 0.815. The SMILES string of the molecule is CC(C)OCc1cccc(CNC(=O)C2CCCN(C(=O)C3CC3)C2)c1. The van der Waals surface area contributed by atoms with E-state index in [2.05, 4.69) is 11.4 Å². The minimum Gasteiger partial charge on any atom is -0.374 e. The Morgan fingerprint density at radius 1 is 1.19 bits per heavy atom. The van der Waals surface area contributed by atoms with E-state index < -0.39 is 0 Å². The Labute approximate surface area is 156 Å². The van der Waals surface area contributed by atoms with E-state index in [0.29, 0.717) is 19.7 Å². The van der Waals surface area contributed by atoms with E-state index in [4.69, 9.17) is 4.74 Å². The molecule has 1 saturated carbocycles. The predicted molar refractivity (Wildman–Crippen MR) is 100 cm³/mol. The van der Waals surface area contributed by atoms with E-state index in [1.807, 2.05) is 36.9 Å². The minimum absolute atomic E-state index is 0.0575. The second-order valence-corrected chi connectivity index (χ2v) is 7.80. The van der Waals surface area contributed by atoms with Crippen LogP contribution < -0.4 is 5.32 Å². The molecule has 1 heterocycles. The molecular formula is C21H30N2O3. The zero-order valence-electron chi connectivity index (χ0n) is 15.9. The second kappa shape index (κ2) is 8.67. The number of ether oxygens (including phenoxy) is 1. The fraction of sp³-hybridized carbons (Fsp3) is 0.619. The zero-order valence-corrected chi connectivity index (χ0v) is 15.9. The summed E-state index contributed by atoms with van der Waals surface area (Å²) < 4.78 is 5.64. The van der Waals surface area contributed by atoms with Crippen LogP contribution in [0.15, 0.2) is 24.3 Å². The molecule has 0 radical (unpaired) electrons. The summed E-state index contributed by atoms with van der Waals surface area (Å²) in [5.41, 5.74) is 2.19. The molecule has 2 fully saturated rings. The van der Waals surface area contributed by atoms with E-state index in [1.54, 1.807) is 0 Å². The van der Waals surface area contributed by atoms with Crippen molar-refractivity contribution in [2.45, 2.75) is 58.8 Å². The molecular weight excluding hydrogens is 328 g/mol. The average Bonchev–Trinajstić information content (AvgIpc) is 3.49. The third kappa shape index (κ3) is 5.31. The van der Waals surface area contributed by atoms with Gasteiger partial charge in [-0.1, -0.05) is 24.3 Å². The van der Waals surface area contributed by atoms with E-state index in [9.17, 15) is 9.59 Å². The maximum Gasteiger partial charge on any atom is 0.225 e. The number of nitrogens with one attached hydrogen (secondary N) is 1. The molecule has 3 rings (SSSR count). The van der Waals surface area contributed by atoms with Gasteiger partial charge in [-0.2, -0.15) is 0 Å². The molecule has 2 amide bonds. The van der Waals surface area contributed by atoms with Gasteiger partial charge in [0, 0.05) is 25.6 Å². The van der Waals surface area contributed by atoms with Gasteiger partial charge < -0.3 is 15.0 Å². The van der Waals surface area contributed by atoms with E-state index >= 15 is 0 Å². The highest BCUT2D eigenvalue weighted by Crippen LogP contribution is 2.32. The molecule has 142 valence electrons. The fourth-order valence-electron chi connectivity index (χ4n) is 3.41. The van der Waals surface area contributed by atoms with Gasteiger partial charge >= 0.3 is 0 Å². The van der Waals surface area contributed by atoms with E-state index in [1.165, 1.54) is 0 Å². The summed E-state index contributed by atoms with van der Waals surface area (Å²) in [4.78, 5) is 26.7. The van der Waals surface area contributed by atoms with Crippen molar-refractivity contribution in [1.29, 1.82) is 0 Å². The van der Waals surface area contributed by atoms with Crippen LogP contribution in [0.1, 0.15) is 50.7 Å². The van der Waals surface area contributed by atoms with Crippen molar-refractivity contribution >= 4 is 11.8 Å². The van der Waals surface area contributed by atoms with Gasteiger partial charge in [0.15, 0.2) is 0 Å². The normalized spacial score (nSPS) is 20.3. The number of likely N-dealkylation sites (tertiary alicyclic amines) is 1. The summed E-state index contributed by atoms with van der Waals surface area (Å²) in [7, 11) is 0. The number of rotatable bonds is 7. The first-order valence-electron chi connectivity index (χ1n) is 9.79. The van der Waals surface area contributed by atoms with Crippen molar-refractivity contribution in [1.82, 2.24) is 10.2 Å². The molecule has 1 aromatic rings. The fourth-order valence-corrected chi connectivity index (χ4v) is 3.41. The molecule has 1 unspecified atom stereocenters. The van der Waals surface area contributed by atoms with Crippen LogP contribution in [0, 0.1) is 11.8 Å². The number of benzene rings is 1. The number of piperidine rings is 1. The number of carbonyl (C=O) groups excluding carboxylic acids is 2. The molecule has 2 aliphatic rings. The summed E-state index contributed by atoms with van der Waals surface area (Å²) in [5.74, 6) is 0.453. The van der Waals surface area contributed by atoms with Crippen molar-refractivity contribution in [2.24, 2.45) is 11.8 Å². The first-order valence-corrected chi connectivity index (χ1v) is 9.79. The Morgan fingerprint density at radius 3 is 2.69 bits per heavy atom. The summed E-state index contributed by atoms with van der Waals surface area (Å²) in [5, 5.41) is 3.05. The highest BCUT2D eigenvalue weighted by Gasteiger charge is 2.36. The molecule has 1 saturated heterocycles. The average molecular weight is 358 g/mol. The lowest BCUT2D eigenvalue weighted by molar-refractivity contribution is -0.136. The highest BCUT2D eigenvalue weighted by molar-refractivity contribution is 5.83. The molecule has 1 aliphatic heterocycles. The standard InChI is InChI=1S/C21H30N2O3/c1-15(2)26-14-17-6-3-5-16(11-17)12-22-20(24)19-7-4-10-23(13-19)21(25)18-8-9-18/h3,5-6,11,15,18-19H,4,7-10,12-14H2,1-2H3,(H,22,24). The summed E-state index contributed by atoms with van der Waals surface area (Å²) in [6.45, 7) is 6.51. The Bertz CT molecular complexity index is 640. The molecule has 1 aliphatic carbocycles. The maximum absolute atomic E-state index is 12.6. The summed E-state index contributed by atoms with van der Waals surface area (Å²) >= 11 is 0. The minimum atomic E-state index is -0.0843. The van der Waals surface area contributed by atoms with Gasteiger partial charge in [-0.3, -0.25) is 9.59 Å². The van der Waals surface area contributed by atoms with Gasteiger partial charge in [0.25, 0.3) is 0 Å². The molecule has 1 aromatic carbocycles. The first-order chi connectivity index (χ1) is 12.5. The lowest BCUT2D eigenvalue weighted by atomic mass is 9.96. The summed E-state index contributed by atoms with van der Waals surface area (Å²) in [6.07, 6.45) is 4.01. The van der Waals surface area contributed by atoms with Crippen LogP contribution in [0.3, 0.4) is 0 Å². The maximum atomic E-state index is 12.6. The van der Waals surface area contributed by atoms with Crippen molar-refractivity contribution in [3.05, 3.63) is 35.4 Å². The number of hydrogen-bond acceptors (Lipinski definition) is 3. The van der Waals surface area contributed by atoms with Gasteiger partial charge in [-0.05, 0) is 50.7 Å². The van der Waals surface area contributed by atoms with Gasteiger partial charge in [-0.25, -0.2) is 0 Å². The van der Waals surface area contributed by atoms with Gasteiger partial charge in [0.05, 0.1) is 18.6 Å². The third-order valence-electron chi connectivity index (χ3n) is 5.07. The second-order valence-electron chi connectivity index (χ2n) is 7.80. The number of nitrogens with zero attached hydrogens (tertiary/aromatic N) is 1. The number of amides is 2. The first kappa shape index (κ1) is 18.9. The Morgan fingerprint density at radius 2 is 1.96 bits per heavy atom. The van der Waals surface area contributed by atoms with Crippen LogP contribution in [-0.4, -0.2) is 35.9 Å². The van der Waals surface area contributed by atoms with E-state index in [0.717, 1.165) is 43.4 Å². The van der Waals surface area contributed by atoms with Gasteiger partial charge in [-0.15, -0.1) is 0 Å². The molecule has 5 nitrogen and oxygen atoms in total. The van der Waals surface area contributed by atoms with Crippen LogP contribution >= 0.6 is 0 Å². The predicted octanol–water partition coefficient (Wildman–Crippen LogP) is 2.88. The van der Waals surface area contributed by atoms with Gasteiger partial charge in [0.2, 0.25) is 11.8 Å². The zero-order chi connectivity index (χ0) is 18.5. The monoisotopic (exact) mass is 358 g/mol. The van der Waals surface area contributed by atoms with Gasteiger partial charge in [0.1, 0.15) is 0 Å². The van der Waals surface area contributed by atoms with Crippen molar-refractivity contribution in [3.63, 3.8) is 0 Å². The largest absolute Gasteiger partial charge is 0.374 e. The third-order valence-corrected chi connectivity index (χ3v) is 5.07. The Hall–Kier alpha value is -1.88. The van der Waals surface area contributed by atoms with Crippen LogP contribution in [0.5, 0.6) is 0 Å². The Balaban J connectivity index is 1.48. The van der Waals surface area contributed by atoms with Crippen LogP contribution in [-0.2, 0) is 27.5 Å². The van der Waals surface area contributed by atoms with Crippen molar-refractivity contribution < 1.29 is 14.3 Å². The Kier molecular flexibility index (Phi) is 6.30. The van der Waals surface area contributed by atoms with Crippen LogP contribution in [0.4, 0.5) is 0 Å². The van der Waals surface area contributed by atoms with E-state index in [-0.39, 0.29) is 29.8 Å². The highest BCUT2D eigenvalue weighted by atomic mass is 16.5. The van der Waals surface area contributed by atoms with Crippen molar-refractivity contribution in [2.75, 3.05) is 13.1 Å². The molecule has 5 heteroatoms. The smallest absolute Gasteiger partial charge is 0.225 e. The molecule has 0 aromatic heterocycles. The van der Waals surface area contributed by atoms with Crippen LogP contribution in [0.25, 0.3) is 0 Å². The molecule has 0 bridgehead atoms. The van der Waals surface area contributed by atoms with Crippen LogP contribution in [0.2, 0.25) is 0 Å². The molecule has 1 atom stereocenters. The van der Waals surface area contributed by atoms with Crippen molar-refractivity contribution in [3.8, 4) is 0 Å². The number of hydrogen-bond donors (Lipinski definition) is 1. The topological polar surface area (TPSA) is 58.6 Å². The lowest BCUT2D eigenvalue weighted by Crippen LogP contribution is -2.45. The molecule has 1 N–H and O–H groups in total. The molecule has 0 spiro atoms. The lowest BCUT2D eigenvalue weighted by Gasteiger charge is -2.32. The molecule has 26 heavy (non-hydrogen) atoms.